The molecule has 21 heavy (non-hydrogen) atoms. The number of hydrogen-bond acceptors (Lipinski definition) is 3. The highest BCUT2D eigenvalue weighted by molar-refractivity contribution is 6.57. The summed E-state index contributed by atoms with van der Waals surface area (Å²) in [4.78, 5) is 4.82. The van der Waals surface area contributed by atoms with Gasteiger partial charge in [0.15, 0.2) is 7.28 Å². The molecule has 1 saturated heterocycles. The first-order valence-corrected chi connectivity index (χ1v) is 7.94. The molecule has 0 saturated carbocycles. The van der Waals surface area contributed by atoms with Crippen LogP contribution < -0.4 is 10.4 Å². The number of benzene rings is 1. The summed E-state index contributed by atoms with van der Waals surface area (Å²) in [7, 11) is 3.07. The maximum absolute atomic E-state index is 10.3. The summed E-state index contributed by atoms with van der Waals surface area (Å²) >= 11 is 0. The van der Waals surface area contributed by atoms with Gasteiger partial charge in [0.25, 0.3) is 0 Å². The van der Waals surface area contributed by atoms with Crippen LogP contribution in [0.15, 0.2) is 24.3 Å². The van der Waals surface area contributed by atoms with Gasteiger partial charge in [-0.1, -0.05) is 31.4 Å². The molecule has 4 heteroatoms. The van der Waals surface area contributed by atoms with Gasteiger partial charge in [0.2, 0.25) is 0 Å². The highest BCUT2D eigenvalue weighted by atomic mass is 16.3. The Hall–Kier alpha value is -0.995. The lowest BCUT2D eigenvalue weighted by Crippen LogP contribution is -2.44. The van der Waals surface area contributed by atoms with Crippen LogP contribution in [0.5, 0.6) is 0 Å². The minimum absolute atomic E-state index is 0.137. The third kappa shape index (κ3) is 4.01. The minimum atomic E-state index is -0.677. The van der Waals surface area contributed by atoms with E-state index in [4.69, 9.17) is 0 Å². The maximum Gasteiger partial charge on any atom is 0.166 e. The number of piperazine rings is 1. The van der Waals surface area contributed by atoms with Crippen molar-refractivity contribution in [3.05, 3.63) is 24.3 Å². The predicted molar refractivity (Wildman–Crippen MR) is 93.3 cm³/mol. The molecule has 2 rings (SSSR count). The topological polar surface area (TPSA) is 26.7 Å². The van der Waals surface area contributed by atoms with Gasteiger partial charge in [0.1, 0.15) is 0 Å². The quantitative estimate of drug-likeness (QED) is 0.850. The van der Waals surface area contributed by atoms with Gasteiger partial charge in [-0.25, -0.2) is 0 Å². The molecule has 1 fully saturated rings. The molecule has 0 amide bonds. The lowest BCUT2D eigenvalue weighted by Gasteiger charge is -2.37. The Labute approximate surface area is 130 Å². The van der Waals surface area contributed by atoms with Crippen LogP contribution >= 0.6 is 0 Å². The molecule has 0 atom stereocenters. The van der Waals surface area contributed by atoms with Crippen LogP contribution in [0.25, 0.3) is 0 Å². The fourth-order valence-electron chi connectivity index (χ4n) is 2.62. The lowest BCUT2D eigenvalue weighted by molar-refractivity contribution is 0.0410. The van der Waals surface area contributed by atoms with Crippen molar-refractivity contribution >= 4 is 18.4 Å². The molecule has 0 aromatic heterocycles. The second kappa shape index (κ2) is 6.01. The normalized spacial score (nSPS) is 17.9. The van der Waals surface area contributed by atoms with Crippen molar-refractivity contribution in [1.29, 1.82) is 0 Å². The van der Waals surface area contributed by atoms with Crippen molar-refractivity contribution < 1.29 is 5.11 Å². The van der Waals surface area contributed by atoms with Crippen LogP contribution in [0, 0.1) is 0 Å². The first-order chi connectivity index (χ1) is 9.69. The number of likely N-dealkylation sites (N-methyl/N-ethyl adjacent to an activating group) is 1. The van der Waals surface area contributed by atoms with Gasteiger partial charge in [-0.05, 0) is 38.3 Å². The van der Waals surface area contributed by atoms with E-state index in [2.05, 4.69) is 55.0 Å². The molecular weight excluding hydrogens is 259 g/mol. The van der Waals surface area contributed by atoms with Crippen molar-refractivity contribution in [2.75, 3.05) is 38.1 Å². The van der Waals surface area contributed by atoms with Crippen LogP contribution in [0.2, 0.25) is 5.31 Å². The first-order valence-electron chi connectivity index (χ1n) is 7.94. The third-order valence-electron chi connectivity index (χ3n) is 5.11. The fraction of sp³-hybridized carbons (Fsp3) is 0.647. The van der Waals surface area contributed by atoms with Crippen molar-refractivity contribution in [2.45, 2.75) is 38.6 Å². The molecule has 0 spiro atoms. The van der Waals surface area contributed by atoms with Crippen molar-refractivity contribution in [3.8, 4) is 0 Å². The van der Waals surface area contributed by atoms with E-state index in [9.17, 15) is 5.11 Å². The number of anilines is 1. The maximum atomic E-state index is 10.3. The average Bonchev–Trinajstić information content (AvgIpc) is 2.39. The van der Waals surface area contributed by atoms with Crippen molar-refractivity contribution in [2.24, 2.45) is 0 Å². The SMILES string of the molecule is CN1CCN(c2ccc(BC(C)(C)C(C)(C)O)cc2)CC1. The Morgan fingerprint density at radius 3 is 1.95 bits per heavy atom. The number of aliphatic hydroxyl groups is 1. The Kier molecular flexibility index (Phi) is 4.69. The van der Waals surface area contributed by atoms with Crippen LogP contribution in [-0.2, 0) is 0 Å². The smallest absolute Gasteiger partial charge is 0.166 e. The second-order valence-corrected chi connectivity index (χ2v) is 7.58. The number of nitrogens with zero attached hydrogens (tertiary/aromatic N) is 2. The molecule has 1 aliphatic heterocycles. The third-order valence-corrected chi connectivity index (χ3v) is 5.11. The van der Waals surface area contributed by atoms with E-state index in [0.717, 1.165) is 33.5 Å². The first kappa shape index (κ1) is 16.4. The summed E-state index contributed by atoms with van der Waals surface area (Å²) in [6, 6.07) is 8.87. The van der Waals surface area contributed by atoms with Gasteiger partial charge in [0, 0.05) is 31.9 Å². The van der Waals surface area contributed by atoms with Crippen molar-refractivity contribution in [3.63, 3.8) is 0 Å². The highest BCUT2D eigenvalue weighted by Gasteiger charge is 2.35. The average molecular weight is 288 g/mol. The molecular formula is C17H29BN2O. The minimum Gasteiger partial charge on any atom is -0.391 e. The summed E-state index contributed by atoms with van der Waals surface area (Å²) in [6.07, 6.45) is 0. The molecule has 1 N–H and O–H groups in total. The monoisotopic (exact) mass is 288 g/mol. The fourth-order valence-corrected chi connectivity index (χ4v) is 2.62. The summed E-state index contributed by atoms with van der Waals surface area (Å²) in [5.41, 5.74) is 1.93. The van der Waals surface area contributed by atoms with Gasteiger partial charge in [-0.15, -0.1) is 0 Å². The summed E-state index contributed by atoms with van der Waals surface area (Å²) < 4.78 is 0. The molecule has 0 unspecified atom stereocenters. The summed E-state index contributed by atoms with van der Waals surface area (Å²) in [5.74, 6) is 0. The zero-order valence-electron chi connectivity index (χ0n) is 14.2. The van der Waals surface area contributed by atoms with Gasteiger partial charge in [-0.3, -0.25) is 0 Å². The van der Waals surface area contributed by atoms with Crippen LogP contribution in [0.3, 0.4) is 0 Å². The second-order valence-electron chi connectivity index (χ2n) is 7.58. The van der Waals surface area contributed by atoms with Gasteiger partial charge >= 0.3 is 0 Å². The number of rotatable bonds is 4. The van der Waals surface area contributed by atoms with E-state index in [1.54, 1.807) is 0 Å². The van der Waals surface area contributed by atoms with Crippen LogP contribution in [0.1, 0.15) is 27.7 Å². The van der Waals surface area contributed by atoms with E-state index in [-0.39, 0.29) is 5.31 Å². The molecule has 0 radical (unpaired) electrons. The molecule has 116 valence electrons. The predicted octanol–water partition coefficient (Wildman–Crippen LogP) is 1.47. The van der Waals surface area contributed by atoms with E-state index in [1.165, 1.54) is 11.2 Å². The molecule has 1 heterocycles. The lowest BCUT2D eigenvalue weighted by atomic mass is 9.45. The van der Waals surface area contributed by atoms with Crippen LogP contribution in [-0.4, -0.2) is 56.1 Å². The Morgan fingerprint density at radius 1 is 0.952 bits per heavy atom. The summed E-state index contributed by atoms with van der Waals surface area (Å²) in [6.45, 7) is 12.5. The van der Waals surface area contributed by atoms with E-state index < -0.39 is 5.60 Å². The number of hydrogen-bond donors (Lipinski definition) is 1. The molecule has 1 aromatic rings. The molecule has 1 aromatic carbocycles. The van der Waals surface area contributed by atoms with E-state index in [0.29, 0.717) is 0 Å². The highest BCUT2D eigenvalue weighted by Crippen LogP contribution is 2.36. The Balaban J connectivity index is 2.02. The Bertz CT molecular complexity index is 457. The van der Waals surface area contributed by atoms with Gasteiger partial charge < -0.3 is 14.9 Å². The Morgan fingerprint density at radius 2 is 1.48 bits per heavy atom. The molecule has 1 aliphatic rings. The summed E-state index contributed by atoms with van der Waals surface area (Å²) in [5, 5.41) is 10.1. The zero-order chi connectivity index (χ0) is 15.7. The molecule has 3 nitrogen and oxygen atoms in total. The zero-order valence-corrected chi connectivity index (χ0v) is 14.2. The van der Waals surface area contributed by atoms with E-state index in [1.807, 2.05) is 13.8 Å². The van der Waals surface area contributed by atoms with Crippen LogP contribution in [0.4, 0.5) is 5.69 Å². The van der Waals surface area contributed by atoms with Gasteiger partial charge in [0.05, 0.1) is 5.60 Å². The van der Waals surface area contributed by atoms with Gasteiger partial charge in [-0.2, -0.15) is 0 Å². The van der Waals surface area contributed by atoms with E-state index >= 15 is 0 Å². The molecule has 0 aliphatic carbocycles. The molecule has 0 bridgehead atoms. The standard InChI is InChI=1S/C17H29BN2O/c1-16(2,17(3,4)21)18-14-6-8-15(9-7-14)20-12-10-19(5)11-13-20/h6-9,18,21H,10-13H2,1-5H3. The largest absolute Gasteiger partial charge is 0.391 e. The van der Waals surface area contributed by atoms with Crippen molar-refractivity contribution in [1.82, 2.24) is 4.90 Å².